The SMILES string of the molecule is CC=CCO.CCc1ccccc1C(N)=O.O=CO. The molecule has 0 saturated heterocycles. The maximum absolute atomic E-state index is 10.8. The first-order chi connectivity index (χ1) is 9.08. The summed E-state index contributed by atoms with van der Waals surface area (Å²) in [6.07, 6.45) is 4.33. The average molecular weight is 267 g/mol. The predicted octanol–water partition coefficient (Wildman–Crippen LogP) is 1.60. The summed E-state index contributed by atoms with van der Waals surface area (Å²) in [6.45, 7) is 3.79. The van der Waals surface area contributed by atoms with E-state index in [-0.39, 0.29) is 19.0 Å². The van der Waals surface area contributed by atoms with E-state index >= 15 is 0 Å². The summed E-state index contributed by atoms with van der Waals surface area (Å²) < 4.78 is 0. The molecular weight excluding hydrogens is 246 g/mol. The topological polar surface area (TPSA) is 101 Å². The summed E-state index contributed by atoms with van der Waals surface area (Å²) in [6, 6.07) is 7.39. The Hall–Kier alpha value is -2.14. The van der Waals surface area contributed by atoms with Gasteiger partial charge in [0.15, 0.2) is 0 Å². The van der Waals surface area contributed by atoms with Gasteiger partial charge in [-0.25, -0.2) is 0 Å². The van der Waals surface area contributed by atoms with Gasteiger partial charge >= 0.3 is 0 Å². The van der Waals surface area contributed by atoms with Gasteiger partial charge in [-0.05, 0) is 25.0 Å². The highest BCUT2D eigenvalue weighted by atomic mass is 16.3. The summed E-state index contributed by atoms with van der Waals surface area (Å²) in [5.41, 5.74) is 6.80. The van der Waals surface area contributed by atoms with Crippen LogP contribution in [-0.2, 0) is 11.2 Å². The van der Waals surface area contributed by atoms with Gasteiger partial charge in [-0.1, -0.05) is 37.3 Å². The summed E-state index contributed by atoms with van der Waals surface area (Å²) >= 11 is 0. The largest absolute Gasteiger partial charge is 0.483 e. The second-order valence-corrected chi connectivity index (χ2v) is 3.23. The van der Waals surface area contributed by atoms with Crippen LogP contribution in [0.3, 0.4) is 0 Å². The lowest BCUT2D eigenvalue weighted by molar-refractivity contribution is -0.122. The zero-order chi connectivity index (χ0) is 15.1. The Morgan fingerprint density at radius 3 is 2.16 bits per heavy atom. The van der Waals surface area contributed by atoms with Crippen molar-refractivity contribution in [3.63, 3.8) is 0 Å². The van der Waals surface area contributed by atoms with Crippen LogP contribution >= 0.6 is 0 Å². The minimum absolute atomic E-state index is 0.163. The summed E-state index contributed by atoms with van der Waals surface area (Å²) in [5.74, 6) is -0.345. The van der Waals surface area contributed by atoms with Crippen molar-refractivity contribution in [2.45, 2.75) is 20.3 Å². The number of hydrogen-bond acceptors (Lipinski definition) is 3. The Kier molecular flexibility index (Phi) is 14.1. The maximum Gasteiger partial charge on any atom is 0.290 e. The van der Waals surface area contributed by atoms with Crippen molar-refractivity contribution >= 4 is 12.4 Å². The molecule has 0 aromatic heterocycles. The van der Waals surface area contributed by atoms with Gasteiger partial charge in [-0.15, -0.1) is 0 Å². The van der Waals surface area contributed by atoms with Gasteiger partial charge in [-0.3, -0.25) is 9.59 Å². The summed E-state index contributed by atoms with van der Waals surface area (Å²) in [4.78, 5) is 19.2. The highest BCUT2D eigenvalue weighted by Gasteiger charge is 2.03. The van der Waals surface area contributed by atoms with E-state index in [9.17, 15) is 4.79 Å². The zero-order valence-corrected chi connectivity index (χ0v) is 11.2. The second kappa shape index (κ2) is 13.9. The Labute approximate surface area is 113 Å². The van der Waals surface area contributed by atoms with E-state index < -0.39 is 0 Å². The van der Waals surface area contributed by atoms with Crippen LogP contribution in [0.15, 0.2) is 36.4 Å². The molecule has 0 spiro atoms. The minimum Gasteiger partial charge on any atom is -0.483 e. The predicted molar refractivity (Wildman–Crippen MR) is 74.9 cm³/mol. The standard InChI is InChI=1S/C9H11NO.C4H8O.CH2O2/c1-2-7-5-3-4-6-8(7)9(10)11;1-2-3-4-5;2-1-3/h3-6H,2H2,1H3,(H2,10,11);2-3,5H,4H2,1H3;1H,(H,2,3). The molecule has 19 heavy (non-hydrogen) atoms. The number of amides is 1. The van der Waals surface area contributed by atoms with E-state index in [0.717, 1.165) is 12.0 Å². The number of primary amides is 1. The monoisotopic (exact) mass is 267 g/mol. The number of aliphatic hydroxyl groups is 1. The molecule has 0 heterocycles. The Morgan fingerprint density at radius 1 is 1.37 bits per heavy atom. The molecule has 0 aliphatic rings. The van der Waals surface area contributed by atoms with Crippen LogP contribution in [-0.4, -0.2) is 29.2 Å². The molecule has 0 unspecified atom stereocenters. The second-order valence-electron chi connectivity index (χ2n) is 3.23. The minimum atomic E-state index is -0.345. The molecule has 5 heteroatoms. The lowest BCUT2D eigenvalue weighted by atomic mass is 10.1. The normalized spacial score (nSPS) is 8.79. The Bertz CT molecular complexity index is 389. The summed E-state index contributed by atoms with van der Waals surface area (Å²) in [7, 11) is 0. The Morgan fingerprint density at radius 2 is 1.89 bits per heavy atom. The fourth-order valence-corrected chi connectivity index (χ4v) is 1.17. The lowest BCUT2D eigenvalue weighted by Gasteiger charge is -2.01. The van der Waals surface area contributed by atoms with Crippen molar-refractivity contribution in [3.05, 3.63) is 47.5 Å². The molecule has 0 radical (unpaired) electrons. The van der Waals surface area contributed by atoms with E-state index in [1.54, 1.807) is 18.2 Å². The van der Waals surface area contributed by atoms with E-state index in [0.29, 0.717) is 5.56 Å². The zero-order valence-electron chi connectivity index (χ0n) is 11.2. The number of carbonyl (C=O) groups excluding carboxylic acids is 1. The fourth-order valence-electron chi connectivity index (χ4n) is 1.17. The number of rotatable bonds is 3. The van der Waals surface area contributed by atoms with Crippen molar-refractivity contribution in [2.24, 2.45) is 5.73 Å². The molecule has 0 atom stereocenters. The molecule has 0 bridgehead atoms. The molecule has 0 fully saturated rings. The number of aliphatic hydroxyl groups excluding tert-OH is 1. The number of benzene rings is 1. The van der Waals surface area contributed by atoms with Crippen LogP contribution in [0.2, 0.25) is 0 Å². The highest BCUT2D eigenvalue weighted by molar-refractivity contribution is 5.94. The van der Waals surface area contributed by atoms with Gasteiger partial charge < -0.3 is 15.9 Å². The molecule has 1 aromatic carbocycles. The Balaban J connectivity index is 0. The number of nitrogens with two attached hydrogens (primary N) is 1. The maximum atomic E-state index is 10.8. The first kappa shape index (κ1) is 19.2. The van der Waals surface area contributed by atoms with E-state index in [4.69, 9.17) is 20.7 Å². The lowest BCUT2D eigenvalue weighted by Crippen LogP contribution is -2.13. The van der Waals surface area contributed by atoms with Crippen molar-refractivity contribution in [3.8, 4) is 0 Å². The fraction of sp³-hybridized carbons (Fsp3) is 0.286. The van der Waals surface area contributed by atoms with Gasteiger partial charge in [0.25, 0.3) is 6.47 Å². The van der Waals surface area contributed by atoms with Crippen molar-refractivity contribution in [1.29, 1.82) is 0 Å². The first-order valence-electron chi connectivity index (χ1n) is 5.76. The molecular formula is C14H21NO4. The van der Waals surface area contributed by atoms with Crippen molar-refractivity contribution < 1.29 is 19.8 Å². The van der Waals surface area contributed by atoms with E-state index in [1.165, 1.54) is 0 Å². The average Bonchev–Trinajstić information content (AvgIpc) is 2.41. The third kappa shape index (κ3) is 10.7. The number of carboxylic acid groups (broad SMARTS) is 1. The third-order valence-corrected chi connectivity index (χ3v) is 2.00. The molecule has 4 N–H and O–H groups in total. The first-order valence-corrected chi connectivity index (χ1v) is 5.76. The van der Waals surface area contributed by atoms with Crippen molar-refractivity contribution in [1.82, 2.24) is 0 Å². The van der Waals surface area contributed by atoms with Gasteiger partial charge in [0.2, 0.25) is 5.91 Å². The van der Waals surface area contributed by atoms with Crippen LogP contribution < -0.4 is 5.73 Å². The quantitative estimate of drug-likeness (QED) is 0.572. The van der Waals surface area contributed by atoms with Crippen LogP contribution in [0.5, 0.6) is 0 Å². The number of allylic oxidation sites excluding steroid dienone is 1. The molecule has 106 valence electrons. The van der Waals surface area contributed by atoms with Crippen LogP contribution in [0.25, 0.3) is 0 Å². The van der Waals surface area contributed by atoms with E-state index in [2.05, 4.69) is 0 Å². The molecule has 0 saturated carbocycles. The van der Waals surface area contributed by atoms with Gasteiger partial charge in [0.05, 0.1) is 6.61 Å². The van der Waals surface area contributed by atoms with Gasteiger partial charge in [0, 0.05) is 5.56 Å². The highest BCUT2D eigenvalue weighted by Crippen LogP contribution is 2.07. The number of carbonyl (C=O) groups is 2. The molecule has 1 rings (SSSR count). The van der Waals surface area contributed by atoms with Gasteiger partial charge in [0.1, 0.15) is 0 Å². The van der Waals surface area contributed by atoms with Crippen molar-refractivity contribution in [2.75, 3.05) is 6.61 Å². The van der Waals surface area contributed by atoms with Crippen LogP contribution in [0.1, 0.15) is 29.8 Å². The van der Waals surface area contributed by atoms with Crippen LogP contribution in [0, 0.1) is 0 Å². The third-order valence-electron chi connectivity index (χ3n) is 2.00. The molecule has 1 amide bonds. The molecule has 0 aliphatic heterocycles. The molecule has 5 nitrogen and oxygen atoms in total. The smallest absolute Gasteiger partial charge is 0.290 e. The molecule has 1 aromatic rings. The van der Waals surface area contributed by atoms with E-state index in [1.807, 2.05) is 32.0 Å². The summed E-state index contributed by atoms with van der Waals surface area (Å²) in [5, 5.41) is 14.9. The van der Waals surface area contributed by atoms with Crippen LogP contribution in [0.4, 0.5) is 0 Å². The van der Waals surface area contributed by atoms with Gasteiger partial charge in [-0.2, -0.15) is 0 Å². The number of hydrogen-bond donors (Lipinski definition) is 3. The number of aryl methyl sites for hydroxylation is 1. The molecule has 0 aliphatic carbocycles.